The molecule has 7 heteroatoms. The van der Waals surface area contributed by atoms with E-state index < -0.39 is 0 Å². The molecule has 0 aliphatic rings. The number of aromatic nitrogens is 1. The van der Waals surface area contributed by atoms with Crippen molar-refractivity contribution in [2.24, 2.45) is 0 Å². The molecule has 0 spiro atoms. The van der Waals surface area contributed by atoms with Crippen molar-refractivity contribution in [1.29, 1.82) is 0 Å². The predicted octanol–water partition coefficient (Wildman–Crippen LogP) is 4.43. The Bertz CT molecular complexity index is 968. The van der Waals surface area contributed by atoms with E-state index in [9.17, 15) is 9.59 Å². The van der Waals surface area contributed by atoms with E-state index in [1.54, 1.807) is 36.4 Å². The fourth-order valence-electron chi connectivity index (χ4n) is 2.59. The third kappa shape index (κ3) is 5.80. The molecule has 0 aliphatic heterocycles. The van der Waals surface area contributed by atoms with Crippen LogP contribution in [0.15, 0.2) is 66.9 Å². The van der Waals surface area contributed by atoms with Crippen LogP contribution in [0.3, 0.4) is 0 Å². The topological polar surface area (TPSA) is 92.4 Å². The van der Waals surface area contributed by atoms with Gasteiger partial charge in [0.2, 0.25) is 5.91 Å². The average molecular weight is 390 g/mol. The van der Waals surface area contributed by atoms with Gasteiger partial charge in [-0.15, -0.1) is 0 Å². The number of amides is 2. The van der Waals surface area contributed by atoms with Gasteiger partial charge in [-0.1, -0.05) is 0 Å². The smallest absolute Gasteiger partial charge is 0.257 e. The van der Waals surface area contributed by atoms with Crippen molar-refractivity contribution >= 4 is 34.7 Å². The second kappa shape index (κ2) is 9.36. The molecule has 0 unspecified atom stereocenters. The maximum absolute atomic E-state index is 12.4. The third-order valence-corrected chi connectivity index (χ3v) is 3.93. The number of nitrogens with zero attached hydrogens (tertiary/aromatic N) is 1. The molecule has 7 nitrogen and oxygen atoms in total. The first kappa shape index (κ1) is 19.9. The fraction of sp³-hybridized carbons (Fsp3) is 0.136. The standard InChI is InChI=1S/C22H22N4O3/c1-3-29-20-11-9-19(10-12-20)26-22(28)16-4-13-21(23-14-16)25-18-7-5-17(6-8-18)24-15(2)27/h4-14H,3H2,1-2H3,(H,23,25)(H,24,27)(H,26,28). The lowest BCUT2D eigenvalue weighted by atomic mass is 10.2. The average Bonchev–Trinajstić information content (AvgIpc) is 2.71. The molecule has 2 amide bonds. The molecule has 148 valence electrons. The lowest BCUT2D eigenvalue weighted by Gasteiger charge is -2.09. The van der Waals surface area contributed by atoms with Gasteiger partial charge in [0.15, 0.2) is 0 Å². The largest absolute Gasteiger partial charge is 0.494 e. The molecule has 3 rings (SSSR count). The fourth-order valence-corrected chi connectivity index (χ4v) is 2.59. The summed E-state index contributed by atoms with van der Waals surface area (Å²) in [6.45, 7) is 3.98. The van der Waals surface area contributed by atoms with E-state index in [0.717, 1.165) is 17.1 Å². The molecular weight excluding hydrogens is 368 g/mol. The molecule has 0 radical (unpaired) electrons. The van der Waals surface area contributed by atoms with E-state index in [4.69, 9.17) is 4.74 Å². The Morgan fingerprint density at radius 3 is 2.07 bits per heavy atom. The minimum Gasteiger partial charge on any atom is -0.494 e. The summed E-state index contributed by atoms with van der Waals surface area (Å²) in [7, 11) is 0. The van der Waals surface area contributed by atoms with Crippen LogP contribution in [0.1, 0.15) is 24.2 Å². The van der Waals surface area contributed by atoms with Gasteiger partial charge in [0, 0.05) is 30.2 Å². The highest BCUT2D eigenvalue weighted by molar-refractivity contribution is 6.04. The minimum absolute atomic E-state index is 0.119. The molecule has 3 N–H and O–H groups in total. The monoisotopic (exact) mass is 390 g/mol. The summed E-state index contributed by atoms with van der Waals surface area (Å²) >= 11 is 0. The van der Waals surface area contributed by atoms with Gasteiger partial charge in [-0.25, -0.2) is 4.98 Å². The number of carbonyl (C=O) groups is 2. The summed E-state index contributed by atoms with van der Waals surface area (Å²) in [5, 5.41) is 8.69. The Morgan fingerprint density at radius 2 is 1.48 bits per heavy atom. The van der Waals surface area contributed by atoms with Crippen molar-refractivity contribution in [1.82, 2.24) is 4.98 Å². The van der Waals surface area contributed by atoms with Gasteiger partial charge >= 0.3 is 0 Å². The van der Waals surface area contributed by atoms with Crippen LogP contribution in [0.2, 0.25) is 0 Å². The van der Waals surface area contributed by atoms with Gasteiger partial charge in [0.1, 0.15) is 11.6 Å². The van der Waals surface area contributed by atoms with Gasteiger partial charge in [-0.05, 0) is 67.6 Å². The van der Waals surface area contributed by atoms with Crippen molar-refractivity contribution in [3.8, 4) is 5.75 Å². The molecule has 0 saturated carbocycles. The Balaban J connectivity index is 1.59. The molecule has 0 fully saturated rings. The molecule has 1 heterocycles. The van der Waals surface area contributed by atoms with E-state index in [1.807, 2.05) is 31.2 Å². The van der Waals surface area contributed by atoms with Crippen molar-refractivity contribution in [3.05, 3.63) is 72.4 Å². The first-order valence-corrected chi connectivity index (χ1v) is 9.18. The summed E-state index contributed by atoms with van der Waals surface area (Å²) < 4.78 is 5.39. The first-order chi connectivity index (χ1) is 14.0. The summed E-state index contributed by atoms with van der Waals surface area (Å²) in [6.07, 6.45) is 1.51. The second-order valence-corrected chi connectivity index (χ2v) is 6.23. The highest BCUT2D eigenvalue weighted by Gasteiger charge is 2.07. The van der Waals surface area contributed by atoms with Crippen LogP contribution >= 0.6 is 0 Å². The number of anilines is 4. The molecule has 0 atom stereocenters. The molecule has 1 aromatic heterocycles. The van der Waals surface area contributed by atoms with Gasteiger partial charge in [0.25, 0.3) is 5.91 Å². The second-order valence-electron chi connectivity index (χ2n) is 6.23. The van der Waals surface area contributed by atoms with Crippen LogP contribution in [0.5, 0.6) is 5.75 Å². The zero-order valence-electron chi connectivity index (χ0n) is 16.2. The molecule has 3 aromatic rings. The zero-order valence-corrected chi connectivity index (χ0v) is 16.2. The number of nitrogens with one attached hydrogen (secondary N) is 3. The van der Waals surface area contributed by atoms with Gasteiger partial charge < -0.3 is 20.7 Å². The van der Waals surface area contributed by atoms with E-state index in [0.29, 0.717) is 23.7 Å². The number of hydrogen-bond acceptors (Lipinski definition) is 5. The van der Waals surface area contributed by atoms with Gasteiger partial charge in [-0.2, -0.15) is 0 Å². The van der Waals surface area contributed by atoms with Gasteiger partial charge in [0.05, 0.1) is 12.2 Å². The number of carbonyl (C=O) groups excluding carboxylic acids is 2. The maximum Gasteiger partial charge on any atom is 0.257 e. The molecule has 0 saturated heterocycles. The molecule has 29 heavy (non-hydrogen) atoms. The van der Waals surface area contributed by atoms with E-state index in [2.05, 4.69) is 20.9 Å². The lowest BCUT2D eigenvalue weighted by Crippen LogP contribution is -2.12. The Hall–Kier alpha value is -3.87. The Labute approximate surface area is 169 Å². The van der Waals surface area contributed by atoms with E-state index >= 15 is 0 Å². The predicted molar refractivity (Wildman–Crippen MR) is 114 cm³/mol. The van der Waals surface area contributed by atoms with Crippen molar-refractivity contribution < 1.29 is 14.3 Å². The van der Waals surface area contributed by atoms with Crippen molar-refractivity contribution in [3.63, 3.8) is 0 Å². The highest BCUT2D eigenvalue weighted by Crippen LogP contribution is 2.19. The zero-order chi connectivity index (χ0) is 20.6. The van der Waals surface area contributed by atoms with Crippen LogP contribution in [-0.4, -0.2) is 23.4 Å². The number of pyridine rings is 1. The summed E-state index contributed by atoms with van der Waals surface area (Å²) in [5.74, 6) is 1.00. The normalized spacial score (nSPS) is 10.1. The number of benzene rings is 2. The number of rotatable bonds is 7. The van der Waals surface area contributed by atoms with E-state index in [-0.39, 0.29) is 11.8 Å². The van der Waals surface area contributed by atoms with Crippen LogP contribution in [-0.2, 0) is 4.79 Å². The lowest BCUT2D eigenvalue weighted by molar-refractivity contribution is -0.114. The Kier molecular flexibility index (Phi) is 6.42. The summed E-state index contributed by atoms with van der Waals surface area (Å²) in [4.78, 5) is 27.7. The molecular formula is C22H22N4O3. The van der Waals surface area contributed by atoms with Gasteiger partial charge in [-0.3, -0.25) is 9.59 Å². The van der Waals surface area contributed by atoms with Crippen LogP contribution < -0.4 is 20.7 Å². The van der Waals surface area contributed by atoms with Crippen molar-refractivity contribution in [2.45, 2.75) is 13.8 Å². The van der Waals surface area contributed by atoms with Crippen LogP contribution in [0.4, 0.5) is 22.9 Å². The Morgan fingerprint density at radius 1 is 0.862 bits per heavy atom. The van der Waals surface area contributed by atoms with E-state index in [1.165, 1.54) is 13.1 Å². The van der Waals surface area contributed by atoms with Crippen LogP contribution in [0.25, 0.3) is 0 Å². The SMILES string of the molecule is CCOc1ccc(NC(=O)c2ccc(Nc3ccc(NC(C)=O)cc3)nc2)cc1. The molecule has 2 aromatic carbocycles. The summed E-state index contributed by atoms with van der Waals surface area (Å²) in [5.41, 5.74) is 2.67. The first-order valence-electron chi connectivity index (χ1n) is 9.18. The highest BCUT2D eigenvalue weighted by atomic mass is 16.5. The number of hydrogen-bond donors (Lipinski definition) is 3. The minimum atomic E-state index is -0.243. The van der Waals surface area contributed by atoms with Crippen molar-refractivity contribution in [2.75, 3.05) is 22.6 Å². The quantitative estimate of drug-likeness (QED) is 0.555. The number of ether oxygens (including phenoxy) is 1. The maximum atomic E-state index is 12.4. The molecule has 0 bridgehead atoms. The third-order valence-electron chi connectivity index (χ3n) is 3.93. The molecule has 0 aliphatic carbocycles. The summed E-state index contributed by atoms with van der Waals surface area (Å²) in [6, 6.07) is 17.9. The van der Waals surface area contributed by atoms with Crippen LogP contribution in [0, 0.1) is 0 Å².